The second-order valence-corrected chi connectivity index (χ2v) is 7.92. The summed E-state index contributed by atoms with van der Waals surface area (Å²) in [6.07, 6.45) is -2.93. The SMILES string of the molecule is Cc1ccc(NC(=O)CN2CCCN(c3ncc(C(F)(F)F)cc3Cl)CC2)c(C)c1. The predicted molar refractivity (Wildman–Crippen MR) is 112 cm³/mol. The van der Waals surface area contributed by atoms with E-state index in [1.54, 1.807) is 0 Å². The van der Waals surface area contributed by atoms with Gasteiger partial charge in [0.2, 0.25) is 5.91 Å². The van der Waals surface area contributed by atoms with Gasteiger partial charge in [0.05, 0.1) is 17.1 Å². The van der Waals surface area contributed by atoms with Crippen molar-refractivity contribution in [1.82, 2.24) is 9.88 Å². The number of amides is 1. The molecule has 2 heterocycles. The zero-order valence-electron chi connectivity index (χ0n) is 16.9. The number of aromatic nitrogens is 1. The first kappa shape index (κ1) is 22.4. The molecule has 1 aromatic heterocycles. The zero-order valence-corrected chi connectivity index (χ0v) is 17.6. The summed E-state index contributed by atoms with van der Waals surface area (Å²) in [6.45, 7) is 6.61. The van der Waals surface area contributed by atoms with Crippen molar-refractivity contribution in [3.8, 4) is 0 Å². The number of carbonyl (C=O) groups is 1. The third-order valence-electron chi connectivity index (χ3n) is 5.06. The van der Waals surface area contributed by atoms with E-state index in [9.17, 15) is 18.0 Å². The maximum absolute atomic E-state index is 12.8. The summed E-state index contributed by atoms with van der Waals surface area (Å²) in [6, 6.07) is 6.77. The lowest BCUT2D eigenvalue weighted by Crippen LogP contribution is -2.36. The Hall–Kier alpha value is -2.32. The Bertz CT molecular complexity index is 920. The van der Waals surface area contributed by atoms with Crippen molar-refractivity contribution in [2.24, 2.45) is 0 Å². The van der Waals surface area contributed by atoms with Gasteiger partial charge >= 0.3 is 6.18 Å². The van der Waals surface area contributed by atoms with Gasteiger partial charge in [-0.1, -0.05) is 29.3 Å². The van der Waals surface area contributed by atoms with Gasteiger partial charge in [-0.2, -0.15) is 13.2 Å². The minimum absolute atomic E-state index is 0.0223. The molecule has 0 atom stereocenters. The standard InChI is InChI=1S/C21H24ClF3N4O/c1-14-4-5-18(15(2)10-14)27-19(30)13-28-6-3-7-29(9-8-28)20-17(22)11-16(12-26-20)21(23,24)25/h4-5,10-12H,3,6-9,13H2,1-2H3,(H,27,30). The fourth-order valence-electron chi connectivity index (χ4n) is 3.51. The summed E-state index contributed by atoms with van der Waals surface area (Å²) < 4.78 is 38.5. The van der Waals surface area contributed by atoms with E-state index >= 15 is 0 Å². The molecule has 0 aliphatic carbocycles. The Kier molecular flexibility index (Phi) is 6.88. The van der Waals surface area contributed by atoms with Crippen LogP contribution in [0.1, 0.15) is 23.1 Å². The van der Waals surface area contributed by atoms with Crippen molar-refractivity contribution in [3.63, 3.8) is 0 Å². The highest BCUT2D eigenvalue weighted by Crippen LogP contribution is 2.33. The fraction of sp³-hybridized carbons (Fsp3) is 0.429. The number of hydrogen-bond donors (Lipinski definition) is 1. The molecular formula is C21H24ClF3N4O. The minimum Gasteiger partial charge on any atom is -0.354 e. The lowest BCUT2D eigenvalue weighted by Gasteiger charge is -2.24. The number of alkyl halides is 3. The molecule has 1 saturated heterocycles. The smallest absolute Gasteiger partial charge is 0.354 e. The van der Waals surface area contributed by atoms with Crippen LogP contribution in [0.25, 0.3) is 0 Å². The molecule has 0 bridgehead atoms. The van der Waals surface area contributed by atoms with Crippen molar-refractivity contribution < 1.29 is 18.0 Å². The van der Waals surface area contributed by atoms with Crippen LogP contribution in [0.15, 0.2) is 30.5 Å². The lowest BCUT2D eigenvalue weighted by atomic mass is 10.1. The van der Waals surface area contributed by atoms with Crippen LogP contribution in [-0.2, 0) is 11.0 Å². The van der Waals surface area contributed by atoms with E-state index in [1.165, 1.54) is 0 Å². The van der Waals surface area contributed by atoms with Crippen LogP contribution in [0.5, 0.6) is 0 Å². The van der Waals surface area contributed by atoms with Crippen LogP contribution >= 0.6 is 11.6 Å². The van der Waals surface area contributed by atoms with Gasteiger partial charge in [0, 0.05) is 38.1 Å². The molecule has 1 fully saturated rings. The molecule has 0 unspecified atom stereocenters. The molecule has 162 valence electrons. The van der Waals surface area contributed by atoms with Gasteiger partial charge in [0.25, 0.3) is 0 Å². The third-order valence-corrected chi connectivity index (χ3v) is 5.34. The highest BCUT2D eigenvalue weighted by atomic mass is 35.5. The van der Waals surface area contributed by atoms with Gasteiger partial charge < -0.3 is 10.2 Å². The van der Waals surface area contributed by atoms with Crippen LogP contribution in [0.3, 0.4) is 0 Å². The van der Waals surface area contributed by atoms with E-state index < -0.39 is 11.7 Å². The number of carbonyl (C=O) groups excluding carboxylic acids is 1. The number of nitrogens with one attached hydrogen (secondary N) is 1. The van der Waals surface area contributed by atoms with Gasteiger partial charge in [-0.05, 0) is 38.0 Å². The average Bonchev–Trinajstić information content (AvgIpc) is 2.89. The first-order chi connectivity index (χ1) is 14.1. The molecule has 1 aliphatic rings. The van der Waals surface area contributed by atoms with E-state index in [2.05, 4.69) is 10.3 Å². The Morgan fingerprint density at radius 2 is 1.93 bits per heavy atom. The van der Waals surface area contributed by atoms with Gasteiger partial charge in [-0.3, -0.25) is 9.69 Å². The summed E-state index contributed by atoms with van der Waals surface area (Å²) in [5.41, 5.74) is 2.07. The number of anilines is 2. The van der Waals surface area contributed by atoms with E-state index in [1.807, 2.05) is 41.8 Å². The number of pyridine rings is 1. The van der Waals surface area contributed by atoms with Crippen molar-refractivity contribution >= 4 is 29.0 Å². The summed E-state index contributed by atoms with van der Waals surface area (Å²) in [5.74, 6) is 0.243. The van der Waals surface area contributed by atoms with Gasteiger partial charge in [-0.25, -0.2) is 4.98 Å². The Labute approximate surface area is 178 Å². The van der Waals surface area contributed by atoms with Crippen molar-refractivity contribution in [2.45, 2.75) is 26.4 Å². The van der Waals surface area contributed by atoms with E-state index in [-0.39, 0.29) is 17.5 Å². The van der Waals surface area contributed by atoms with E-state index in [4.69, 9.17) is 11.6 Å². The molecular weight excluding hydrogens is 417 g/mol. The first-order valence-electron chi connectivity index (χ1n) is 9.70. The normalized spacial score (nSPS) is 15.7. The van der Waals surface area contributed by atoms with Gasteiger partial charge in [0.15, 0.2) is 0 Å². The molecule has 1 N–H and O–H groups in total. The zero-order chi connectivity index (χ0) is 21.9. The Balaban J connectivity index is 1.59. The molecule has 0 radical (unpaired) electrons. The number of aryl methyl sites for hydroxylation is 2. The first-order valence-corrected chi connectivity index (χ1v) is 10.1. The fourth-order valence-corrected chi connectivity index (χ4v) is 3.79. The van der Waals surface area contributed by atoms with E-state index in [0.29, 0.717) is 32.0 Å². The molecule has 0 saturated carbocycles. The van der Waals surface area contributed by atoms with Crippen LogP contribution in [0, 0.1) is 13.8 Å². The molecule has 5 nitrogen and oxygen atoms in total. The number of rotatable bonds is 4. The monoisotopic (exact) mass is 440 g/mol. The topological polar surface area (TPSA) is 48.5 Å². The third kappa shape index (κ3) is 5.64. The maximum atomic E-state index is 12.8. The molecule has 1 amide bonds. The lowest BCUT2D eigenvalue weighted by molar-refractivity contribution is -0.137. The average molecular weight is 441 g/mol. The number of hydrogen-bond acceptors (Lipinski definition) is 4. The number of halogens is 4. The van der Waals surface area contributed by atoms with Crippen LogP contribution in [0.4, 0.5) is 24.7 Å². The van der Waals surface area contributed by atoms with Crippen LogP contribution in [0.2, 0.25) is 5.02 Å². The molecule has 3 rings (SSSR count). The minimum atomic E-state index is -4.48. The van der Waals surface area contributed by atoms with Crippen molar-refractivity contribution in [2.75, 3.05) is 42.9 Å². The second kappa shape index (κ2) is 9.22. The Morgan fingerprint density at radius 1 is 1.17 bits per heavy atom. The van der Waals surface area contributed by atoms with Crippen LogP contribution < -0.4 is 10.2 Å². The molecule has 30 heavy (non-hydrogen) atoms. The molecule has 9 heteroatoms. The van der Waals surface area contributed by atoms with Crippen LogP contribution in [-0.4, -0.2) is 48.5 Å². The summed E-state index contributed by atoms with van der Waals surface area (Å²) in [5, 5.41) is 2.92. The maximum Gasteiger partial charge on any atom is 0.417 e. The van der Waals surface area contributed by atoms with Crippen molar-refractivity contribution in [3.05, 3.63) is 52.2 Å². The van der Waals surface area contributed by atoms with Gasteiger partial charge in [0.1, 0.15) is 5.82 Å². The largest absolute Gasteiger partial charge is 0.417 e. The number of benzene rings is 1. The van der Waals surface area contributed by atoms with E-state index in [0.717, 1.165) is 35.5 Å². The predicted octanol–water partition coefficient (Wildman–Crippen LogP) is 4.52. The second-order valence-electron chi connectivity index (χ2n) is 7.51. The molecule has 0 spiro atoms. The molecule has 2 aromatic rings. The highest BCUT2D eigenvalue weighted by Gasteiger charge is 2.32. The quantitative estimate of drug-likeness (QED) is 0.759. The molecule has 1 aromatic carbocycles. The summed E-state index contributed by atoms with van der Waals surface area (Å²) >= 11 is 6.08. The van der Waals surface area contributed by atoms with Gasteiger partial charge in [-0.15, -0.1) is 0 Å². The number of nitrogens with zero attached hydrogens (tertiary/aromatic N) is 3. The summed E-state index contributed by atoms with van der Waals surface area (Å²) in [4.78, 5) is 20.3. The van der Waals surface area contributed by atoms with Crippen molar-refractivity contribution in [1.29, 1.82) is 0 Å². The Morgan fingerprint density at radius 3 is 2.60 bits per heavy atom. The highest BCUT2D eigenvalue weighted by molar-refractivity contribution is 6.33. The molecule has 1 aliphatic heterocycles. The summed E-state index contributed by atoms with van der Waals surface area (Å²) in [7, 11) is 0.